The number of hydrogen-bond donors (Lipinski definition) is 1. The SMILES string of the molecule is CNC(CCCC1CCCO1)c1ccc(Br)c(F)c1. The van der Waals surface area contributed by atoms with E-state index >= 15 is 0 Å². The second-order valence-electron chi connectivity index (χ2n) is 5.08. The summed E-state index contributed by atoms with van der Waals surface area (Å²) in [5.41, 5.74) is 1.01. The molecule has 2 unspecified atom stereocenters. The van der Waals surface area contributed by atoms with Gasteiger partial charge in [-0.2, -0.15) is 0 Å². The van der Waals surface area contributed by atoms with Crippen LogP contribution in [0, 0.1) is 5.82 Å². The second kappa shape index (κ2) is 7.36. The molecular formula is C15H21BrFNO. The predicted molar refractivity (Wildman–Crippen MR) is 78.7 cm³/mol. The van der Waals surface area contributed by atoms with Gasteiger partial charge in [-0.15, -0.1) is 0 Å². The van der Waals surface area contributed by atoms with Crippen molar-refractivity contribution in [3.8, 4) is 0 Å². The second-order valence-corrected chi connectivity index (χ2v) is 5.94. The Morgan fingerprint density at radius 1 is 1.53 bits per heavy atom. The molecule has 0 aromatic heterocycles. The molecule has 2 rings (SSSR count). The molecule has 2 nitrogen and oxygen atoms in total. The van der Waals surface area contributed by atoms with Gasteiger partial charge in [0.05, 0.1) is 10.6 Å². The van der Waals surface area contributed by atoms with E-state index in [4.69, 9.17) is 4.74 Å². The Kier molecular flexibility index (Phi) is 5.79. The molecule has 1 aliphatic heterocycles. The summed E-state index contributed by atoms with van der Waals surface area (Å²) in [5, 5.41) is 3.27. The third-order valence-corrected chi connectivity index (χ3v) is 4.38. The molecule has 1 heterocycles. The minimum atomic E-state index is -0.197. The zero-order valence-corrected chi connectivity index (χ0v) is 12.9. The van der Waals surface area contributed by atoms with Crippen molar-refractivity contribution in [1.29, 1.82) is 0 Å². The summed E-state index contributed by atoms with van der Waals surface area (Å²) in [6, 6.07) is 5.57. The average Bonchev–Trinajstić information content (AvgIpc) is 2.91. The number of hydrogen-bond acceptors (Lipinski definition) is 2. The van der Waals surface area contributed by atoms with Crippen molar-refractivity contribution in [3.63, 3.8) is 0 Å². The highest BCUT2D eigenvalue weighted by molar-refractivity contribution is 9.10. The van der Waals surface area contributed by atoms with Gasteiger partial charge in [-0.1, -0.05) is 6.07 Å². The Morgan fingerprint density at radius 3 is 3.00 bits per heavy atom. The third-order valence-electron chi connectivity index (χ3n) is 3.74. The van der Waals surface area contributed by atoms with Crippen molar-refractivity contribution in [3.05, 3.63) is 34.1 Å². The van der Waals surface area contributed by atoms with E-state index in [1.54, 1.807) is 12.1 Å². The number of halogens is 2. The molecule has 0 aliphatic carbocycles. The van der Waals surface area contributed by atoms with Crippen LogP contribution in [0.2, 0.25) is 0 Å². The maximum absolute atomic E-state index is 13.5. The summed E-state index contributed by atoms with van der Waals surface area (Å²) in [4.78, 5) is 0. The standard InChI is InChI=1S/C15H21BrFNO/c1-18-15(6-2-4-12-5-3-9-19-12)11-7-8-13(16)14(17)10-11/h7-8,10,12,15,18H,2-6,9H2,1H3. The Morgan fingerprint density at radius 2 is 2.37 bits per heavy atom. The molecular weight excluding hydrogens is 309 g/mol. The molecule has 1 saturated heterocycles. The van der Waals surface area contributed by atoms with E-state index in [0.717, 1.165) is 31.4 Å². The fourth-order valence-electron chi connectivity index (χ4n) is 2.63. The summed E-state index contributed by atoms with van der Waals surface area (Å²) < 4.78 is 19.7. The van der Waals surface area contributed by atoms with Crippen molar-refractivity contribution < 1.29 is 9.13 Å². The van der Waals surface area contributed by atoms with Gasteiger partial charge in [0.25, 0.3) is 0 Å². The summed E-state index contributed by atoms with van der Waals surface area (Å²) >= 11 is 3.19. The molecule has 1 fully saturated rings. The Labute approximate surface area is 122 Å². The summed E-state index contributed by atoms with van der Waals surface area (Å²) in [5.74, 6) is -0.197. The molecule has 1 aromatic carbocycles. The van der Waals surface area contributed by atoms with Crippen LogP contribution in [0.15, 0.2) is 22.7 Å². The van der Waals surface area contributed by atoms with Crippen LogP contribution in [0.4, 0.5) is 4.39 Å². The number of ether oxygens (including phenoxy) is 1. The largest absolute Gasteiger partial charge is 0.378 e. The van der Waals surface area contributed by atoms with Gasteiger partial charge in [0, 0.05) is 12.6 Å². The first-order valence-electron chi connectivity index (χ1n) is 6.94. The van der Waals surface area contributed by atoms with Gasteiger partial charge >= 0.3 is 0 Å². The maximum Gasteiger partial charge on any atom is 0.137 e. The monoisotopic (exact) mass is 329 g/mol. The van der Waals surface area contributed by atoms with Crippen molar-refractivity contribution in [2.45, 2.75) is 44.2 Å². The van der Waals surface area contributed by atoms with Crippen molar-refractivity contribution in [2.24, 2.45) is 0 Å². The van der Waals surface area contributed by atoms with Gasteiger partial charge in [-0.3, -0.25) is 0 Å². The van der Waals surface area contributed by atoms with Gasteiger partial charge in [0.1, 0.15) is 5.82 Å². The van der Waals surface area contributed by atoms with Crippen LogP contribution in [0.5, 0.6) is 0 Å². The first kappa shape index (κ1) is 14.9. The molecule has 4 heteroatoms. The summed E-state index contributed by atoms with van der Waals surface area (Å²) in [7, 11) is 1.93. The smallest absolute Gasteiger partial charge is 0.137 e. The van der Waals surface area contributed by atoms with Crippen LogP contribution < -0.4 is 5.32 Å². The van der Waals surface area contributed by atoms with E-state index in [9.17, 15) is 4.39 Å². The van der Waals surface area contributed by atoms with Crippen LogP contribution in [0.25, 0.3) is 0 Å². The Balaban J connectivity index is 1.86. The minimum absolute atomic E-state index is 0.197. The minimum Gasteiger partial charge on any atom is -0.378 e. The van der Waals surface area contributed by atoms with Crippen molar-refractivity contribution >= 4 is 15.9 Å². The average molecular weight is 330 g/mol. The van der Waals surface area contributed by atoms with E-state index in [0.29, 0.717) is 10.6 Å². The number of nitrogens with one attached hydrogen (secondary N) is 1. The normalized spacial score (nSPS) is 20.7. The summed E-state index contributed by atoms with van der Waals surface area (Å²) in [6.07, 6.45) is 6.05. The lowest BCUT2D eigenvalue weighted by Crippen LogP contribution is -2.17. The van der Waals surface area contributed by atoms with Crippen LogP contribution >= 0.6 is 15.9 Å². The van der Waals surface area contributed by atoms with Crippen LogP contribution in [-0.2, 0) is 4.74 Å². The molecule has 2 atom stereocenters. The quantitative estimate of drug-likeness (QED) is 0.844. The topological polar surface area (TPSA) is 21.3 Å². The zero-order valence-electron chi connectivity index (χ0n) is 11.3. The molecule has 0 spiro atoms. The number of rotatable bonds is 6. The van der Waals surface area contributed by atoms with Crippen molar-refractivity contribution in [2.75, 3.05) is 13.7 Å². The van der Waals surface area contributed by atoms with E-state index in [2.05, 4.69) is 21.2 Å². The van der Waals surface area contributed by atoms with Gasteiger partial charge in [0.15, 0.2) is 0 Å². The lowest BCUT2D eigenvalue weighted by Gasteiger charge is -2.18. The molecule has 0 amide bonds. The Bertz CT molecular complexity index is 407. The maximum atomic E-state index is 13.5. The molecule has 0 radical (unpaired) electrons. The summed E-state index contributed by atoms with van der Waals surface area (Å²) in [6.45, 7) is 0.915. The molecule has 19 heavy (non-hydrogen) atoms. The molecule has 0 bridgehead atoms. The van der Waals surface area contributed by atoms with Gasteiger partial charge in [0.2, 0.25) is 0 Å². The predicted octanol–water partition coefficient (Wildman–Crippen LogP) is 4.20. The highest BCUT2D eigenvalue weighted by atomic mass is 79.9. The molecule has 1 aliphatic rings. The fraction of sp³-hybridized carbons (Fsp3) is 0.600. The molecule has 106 valence electrons. The molecule has 0 saturated carbocycles. The van der Waals surface area contributed by atoms with Gasteiger partial charge in [-0.25, -0.2) is 4.39 Å². The Hall–Kier alpha value is -0.450. The third kappa shape index (κ3) is 4.26. The van der Waals surface area contributed by atoms with Crippen molar-refractivity contribution in [1.82, 2.24) is 5.32 Å². The molecule has 1 N–H and O–H groups in total. The van der Waals surface area contributed by atoms with E-state index in [1.807, 2.05) is 13.1 Å². The zero-order chi connectivity index (χ0) is 13.7. The number of benzene rings is 1. The molecule has 1 aromatic rings. The first-order chi connectivity index (χ1) is 9.20. The van der Waals surface area contributed by atoms with Gasteiger partial charge < -0.3 is 10.1 Å². The van der Waals surface area contributed by atoms with E-state index in [1.165, 1.54) is 12.8 Å². The van der Waals surface area contributed by atoms with E-state index in [-0.39, 0.29) is 11.9 Å². The highest BCUT2D eigenvalue weighted by Crippen LogP contribution is 2.25. The lowest BCUT2D eigenvalue weighted by molar-refractivity contribution is 0.101. The van der Waals surface area contributed by atoms with Crippen LogP contribution in [0.3, 0.4) is 0 Å². The lowest BCUT2D eigenvalue weighted by atomic mass is 9.99. The van der Waals surface area contributed by atoms with E-state index < -0.39 is 0 Å². The van der Waals surface area contributed by atoms with Crippen LogP contribution in [0.1, 0.15) is 43.7 Å². The van der Waals surface area contributed by atoms with Crippen LogP contribution in [-0.4, -0.2) is 19.8 Å². The first-order valence-corrected chi connectivity index (χ1v) is 7.74. The highest BCUT2D eigenvalue weighted by Gasteiger charge is 2.16. The van der Waals surface area contributed by atoms with Gasteiger partial charge in [-0.05, 0) is 72.8 Å². The fourth-order valence-corrected chi connectivity index (χ4v) is 2.88.